The molecular formula is C10H16N2O6. The molecule has 102 valence electrons. The first-order chi connectivity index (χ1) is 8.54. The molecule has 0 aromatic rings. The van der Waals surface area contributed by atoms with Crippen LogP contribution in [0.5, 0.6) is 0 Å². The van der Waals surface area contributed by atoms with E-state index in [1.165, 1.54) is 4.90 Å². The van der Waals surface area contributed by atoms with Gasteiger partial charge < -0.3 is 24.8 Å². The minimum Gasteiger partial charge on any atom is -0.480 e. The molecule has 1 fully saturated rings. The Kier molecular flexibility index (Phi) is 5.37. The summed E-state index contributed by atoms with van der Waals surface area (Å²) in [5, 5.41) is 11.2. The zero-order valence-corrected chi connectivity index (χ0v) is 10.0. The number of carbonyl (C=O) groups is 3. The maximum Gasteiger partial charge on any atom is 0.326 e. The Hall–Kier alpha value is -1.83. The Morgan fingerprint density at radius 1 is 1.39 bits per heavy atom. The number of hydrogen-bond donors (Lipinski definition) is 2. The number of methoxy groups -OCH3 is 1. The van der Waals surface area contributed by atoms with Crippen LogP contribution in [-0.4, -0.2) is 67.4 Å². The molecule has 0 aliphatic carbocycles. The lowest BCUT2D eigenvalue weighted by Crippen LogP contribution is -2.51. The predicted molar refractivity (Wildman–Crippen MR) is 59.0 cm³/mol. The molecule has 1 saturated heterocycles. The first-order valence-corrected chi connectivity index (χ1v) is 5.47. The third-order valence-electron chi connectivity index (χ3n) is 2.49. The van der Waals surface area contributed by atoms with E-state index in [1.54, 1.807) is 0 Å². The van der Waals surface area contributed by atoms with Crippen molar-refractivity contribution >= 4 is 18.0 Å². The maximum atomic E-state index is 11.7. The van der Waals surface area contributed by atoms with Crippen LogP contribution < -0.4 is 5.32 Å². The Bertz CT molecular complexity index is 326. The third kappa shape index (κ3) is 4.21. The molecule has 2 amide bonds. The SMILES string of the molecule is COC(=O)C[C@H](NC(=O)N1CCOCC1)C(=O)O. The molecule has 1 heterocycles. The van der Waals surface area contributed by atoms with Gasteiger partial charge in [0.15, 0.2) is 0 Å². The molecule has 0 saturated carbocycles. The molecule has 18 heavy (non-hydrogen) atoms. The van der Waals surface area contributed by atoms with Crippen LogP contribution >= 0.6 is 0 Å². The molecule has 8 heteroatoms. The summed E-state index contributed by atoms with van der Waals surface area (Å²) in [7, 11) is 1.16. The summed E-state index contributed by atoms with van der Waals surface area (Å²) in [6.07, 6.45) is -0.401. The Morgan fingerprint density at radius 2 is 2.00 bits per heavy atom. The van der Waals surface area contributed by atoms with Crippen LogP contribution in [0, 0.1) is 0 Å². The van der Waals surface area contributed by atoms with Crippen LogP contribution in [0.1, 0.15) is 6.42 Å². The molecule has 0 unspecified atom stereocenters. The van der Waals surface area contributed by atoms with Gasteiger partial charge in [-0.15, -0.1) is 0 Å². The van der Waals surface area contributed by atoms with Crippen molar-refractivity contribution in [2.24, 2.45) is 0 Å². The van der Waals surface area contributed by atoms with Gasteiger partial charge in [-0.3, -0.25) is 4.79 Å². The smallest absolute Gasteiger partial charge is 0.326 e. The number of rotatable bonds is 4. The van der Waals surface area contributed by atoms with E-state index < -0.39 is 30.4 Å². The van der Waals surface area contributed by atoms with E-state index in [-0.39, 0.29) is 0 Å². The highest BCUT2D eigenvalue weighted by Crippen LogP contribution is 2.01. The number of carbonyl (C=O) groups excluding carboxylic acids is 2. The van der Waals surface area contributed by atoms with E-state index in [0.717, 1.165) is 7.11 Å². The number of ether oxygens (including phenoxy) is 2. The number of esters is 1. The standard InChI is InChI=1S/C10H16N2O6/c1-17-8(13)6-7(9(14)15)11-10(16)12-2-4-18-5-3-12/h7H,2-6H2,1H3,(H,11,16)(H,14,15)/t7-/m0/s1. The van der Waals surface area contributed by atoms with Crippen molar-refractivity contribution in [1.82, 2.24) is 10.2 Å². The van der Waals surface area contributed by atoms with E-state index in [9.17, 15) is 14.4 Å². The van der Waals surface area contributed by atoms with Crippen LogP contribution in [-0.2, 0) is 19.1 Å². The van der Waals surface area contributed by atoms with Gasteiger partial charge in [-0.25, -0.2) is 9.59 Å². The van der Waals surface area contributed by atoms with Crippen molar-refractivity contribution in [2.45, 2.75) is 12.5 Å². The quantitative estimate of drug-likeness (QED) is 0.631. The minimum absolute atomic E-state index is 0.399. The molecule has 1 aliphatic heterocycles. The highest BCUT2D eigenvalue weighted by Gasteiger charge is 2.26. The second kappa shape index (κ2) is 6.80. The normalized spacial score (nSPS) is 16.8. The lowest BCUT2D eigenvalue weighted by Gasteiger charge is -2.28. The van der Waals surface area contributed by atoms with Crippen LogP contribution in [0.3, 0.4) is 0 Å². The first kappa shape index (κ1) is 14.2. The van der Waals surface area contributed by atoms with Crippen LogP contribution in [0.2, 0.25) is 0 Å². The molecule has 0 bridgehead atoms. The molecule has 1 rings (SSSR count). The van der Waals surface area contributed by atoms with Crippen LogP contribution in [0.4, 0.5) is 4.79 Å². The number of aliphatic carboxylic acids is 1. The highest BCUT2D eigenvalue weighted by molar-refractivity contribution is 5.86. The van der Waals surface area contributed by atoms with E-state index >= 15 is 0 Å². The molecule has 0 aromatic carbocycles. The van der Waals surface area contributed by atoms with Gasteiger partial charge in [0.1, 0.15) is 6.04 Å². The number of carboxylic acids is 1. The lowest BCUT2D eigenvalue weighted by atomic mass is 10.2. The van der Waals surface area contributed by atoms with Gasteiger partial charge in [-0.2, -0.15) is 0 Å². The first-order valence-electron chi connectivity index (χ1n) is 5.47. The summed E-state index contributed by atoms with van der Waals surface area (Å²) < 4.78 is 9.44. The maximum absolute atomic E-state index is 11.7. The van der Waals surface area contributed by atoms with Crippen molar-refractivity contribution in [1.29, 1.82) is 0 Å². The summed E-state index contributed by atoms with van der Waals surface area (Å²) in [5.74, 6) is -1.97. The fourth-order valence-electron chi connectivity index (χ4n) is 1.46. The largest absolute Gasteiger partial charge is 0.480 e. The average Bonchev–Trinajstić information content (AvgIpc) is 2.38. The van der Waals surface area contributed by atoms with E-state index in [0.29, 0.717) is 26.3 Å². The molecular weight excluding hydrogens is 244 g/mol. The van der Waals surface area contributed by atoms with Crippen LogP contribution in [0.15, 0.2) is 0 Å². The van der Waals surface area contributed by atoms with E-state index in [4.69, 9.17) is 9.84 Å². The predicted octanol–water partition coefficient (Wildman–Crippen LogP) is -0.955. The molecule has 2 N–H and O–H groups in total. The molecule has 0 aromatic heterocycles. The van der Waals surface area contributed by atoms with Crippen molar-refractivity contribution in [3.63, 3.8) is 0 Å². The van der Waals surface area contributed by atoms with Gasteiger partial charge >= 0.3 is 18.0 Å². The number of amides is 2. The van der Waals surface area contributed by atoms with Gasteiger partial charge in [-0.1, -0.05) is 0 Å². The molecule has 1 atom stereocenters. The zero-order valence-electron chi connectivity index (χ0n) is 10.0. The topological polar surface area (TPSA) is 105 Å². The van der Waals surface area contributed by atoms with Crippen molar-refractivity contribution in [2.75, 3.05) is 33.4 Å². The number of nitrogens with one attached hydrogen (secondary N) is 1. The van der Waals surface area contributed by atoms with Gasteiger partial charge in [0.25, 0.3) is 0 Å². The fourth-order valence-corrected chi connectivity index (χ4v) is 1.46. The van der Waals surface area contributed by atoms with Crippen molar-refractivity contribution < 1.29 is 29.0 Å². The highest BCUT2D eigenvalue weighted by atomic mass is 16.5. The molecule has 1 aliphatic rings. The number of urea groups is 1. The van der Waals surface area contributed by atoms with E-state index in [2.05, 4.69) is 10.1 Å². The van der Waals surface area contributed by atoms with E-state index in [1.807, 2.05) is 0 Å². The minimum atomic E-state index is -1.28. The van der Waals surface area contributed by atoms with Crippen molar-refractivity contribution in [3.8, 4) is 0 Å². The third-order valence-corrected chi connectivity index (χ3v) is 2.49. The molecule has 8 nitrogen and oxygen atoms in total. The van der Waals surface area contributed by atoms with Gasteiger partial charge in [-0.05, 0) is 0 Å². The monoisotopic (exact) mass is 260 g/mol. The summed E-state index contributed by atoms with van der Waals surface area (Å²) >= 11 is 0. The van der Waals surface area contributed by atoms with Gasteiger partial charge in [0.05, 0.1) is 26.7 Å². The number of carboxylic acid groups (broad SMARTS) is 1. The summed E-state index contributed by atoms with van der Waals surface area (Å²) in [5.41, 5.74) is 0. The average molecular weight is 260 g/mol. The second-order valence-corrected chi connectivity index (χ2v) is 3.72. The summed E-state index contributed by atoms with van der Waals surface area (Å²) in [6.45, 7) is 1.64. The lowest BCUT2D eigenvalue weighted by molar-refractivity contribution is -0.147. The Morgan fingerprint density at radius 3 is 2.50 bits per heavy atom. The Balaban J connectivity index is 2.51. The zero-order chi connectivity index (χ0) is 13.5. The Labute approximate surface area is 104 Å². The number of nitrogens with zero attached hydrogens (tertiary/aromatic N) is 1. The number of hydrogen-bond acceptors (Lipinski definition) is 5. The summed E-state index contributed by atoms with van der Waals surface area (Å²) in [6, 6.07) is -1.80. The summed E-state index contributed by atoms with van der Waals surface area (Å²) in [4.78, 5) is 35.1. The van der Waals surface area contributed by atoms with Crippen molar-refractivity contribution in [3.05, 3.63) is 0 Å². The van der Waals surface area contributed by atoms with Crippen LogP contribution in [0.25, 0.3) is 0 Å². The molecule has 0 radical (unpaired) electrons. The van der Waals surface area contributed by atoms with Gasteiger partial charge in [0.2, 0.25) is 0 Å². The number of morpholine rings is 1. The fraction of sp³-hybridized carbons (Fsp3) is 0.700. The van der Waals surface area contributed by atoms with Gasteiger partial charge in [0, 0.05) is 13.1 Å². The second-order valence-electron chi connectivity index (χ2n) is 3.72. The molecule has 0 spiro atoms.